The van der Waals surface area contributed by atoms with Crippen molar-refractivity contribution < 1.29 is 13.9 Å². The molecule has 1 N–H and O–H groups in total. The monoisotopic (exact) mass is 343 g/mol. The van der Waals surface area contributed by atoms with Crippen LogP contribution in [0.1, 0.15) is 31.4 Å². The number of hydrogen-bond donors (Lipinski definition) is 1. The van der Waals surface area contributed by atoms with E-state index in [0.717, 1.165) is 5.56 Å². The van der Waals surface area contributed by atoms with Gasteiger partial charge in [0.15, 0.2) is 0 Å². The highest BCUT2D eigenvalue weighted by Gasteiger charge is 2.24. The molecule has 0 spiro atoms. The fourth-order valence-electron chi connectivity index (χ4n) is 1.85. The zero-order valence-electron chi connectivity index (χ0n) is 11.4. The minimum Gasteiger partial charge on any atom is -0.371 e. The lowest BCUT2D eigenvalue weighted by Gasteiger charge is -2.19. The number of halogens is 2. The highest BCUT2D eigenvalue weighted by molar-refractivity contribution is 9.10. The van der Waals surface area contributed by atoms with Crippen molar-refractivity contribution in [1.82, 2.24) is 5.32 Å². The molecule has 2 atom stereocenters. The van der Waals surface area contributed by atoms with E-state index in [2.05, 4.69) is 21.2 Å². The Morgan fingerprint density at radius 1 is 1.55 bits per heavy atom. The van der Waals surface area contributed by atoms with Crippen LogP contribution in [0.3, 0.4) is 0 Å². The Bertz CT molecular complexity index is 463. The first-order valence-electron chi connectivity index (χ1n) is 6.85. The SMILES string of the molecule is C[C@@H](Br)C(=O)NC[C@@H](OCC1CC1)c1cccc(F)c1. The molecule has 0 unspecified atom stereocenters. The Labute approximate surface area is 127 Å². The van der Waals surface area contributed by atoms with Gasteiger partial charge < -0.3 is 10.1 Å². The maximum absolute atomic E-state index is 13.3. The molecule has 1 aromatic rings. The molecule has 1 aromatic carbocycles. The van der Waals surface area contributed by atoms with Crippen LogP contribution in [0.2, 0.25) is 0 Å². The van der Waals surface area contributed by atoms with Crippen LogP contribution in [0.5, 0.6) is 0 Å². The van der Waals surface area contributed by atoms with Gasteiger partial charge in [0.05, 0.1) is 17.5 Å². The van der Waals surface area contributed by atoms with E-state index in [1.807, 2.05) is 6.07 Å². The zero-order valence-corrected chi connectivity index (χ0v) is 13.0. The predicted molar refractivity (Wildman–Crippen MR) is 79.2 cm³/mol. The van der Waals surface area contributed by atoms with Crippen LogP contribution in [0.4, 0.5) is 4.39 Å². The summed E-state index contributed by atoms with van der Waals surface area (Å²) >= 11 is 3.22. The second-order valence-corrected chi connectivity index (χ2v) is 6.56. The number of ether oxygens (including phenoxy) is 1. The minimum atomic E-state index is -0.304. The molecule has 0 bridgehead atoms. The van der Waals surface area contributed by atoms with Crippen molar-refractivity contribution in [3.8, 4) is 0 Å². The molecular formula is C15H19BrFNO2. The lowest BCUT2D eigenvalue weighted by Crippen LogP contribution is -2.33. The van der Waals surface area contributed by atoms with E-state index in [9.17, 15) is 9.18 Å². The van der Waals surface area contributed by atoms with Gasteiger partial charge in [0, 0.05) is 6.54 Å². The lowest BCUT2D eigenvalue weighted by molar-refractivity contribution is -0.120. The second-order valence-electron chi connectivity index (χ2n) is 5.18. The first-order chi connectivity index (χ1) is 9.56. The molecular weight excluding hydrogens is 325 g/mol. The third kappa shape index (κ3) is 4.87. The van der Waals surface area contributed by atoms with Crippen molar-refractivity contribution in [2.75, 3.05) is 13.2 Å². The summed E-state index contributed by atoms with van der Waals surface area (Å²) in [6.07, 6.45) is 2.09. The fourth-order valence-corrected chi connectivity index (χ4v) is 2.01. The largest absolute Gasteiger partial charge is 0.371 e. The normalized spacial score (nSPS) is 17.6. The Morgan fingerprint density at radius 2 is 2.30 bits per heavy atom. The van der Waals surface area contributed by atoms with Crippen LogP contribution in [0.15, 0.2) is 24.3 Å². The van der Waals surface area contributed by atoms with E-state index in [0.29, 0.717) is 19.1 Å². The molecule has 2 rings (SSSR count). The summed E-state index contributed by atoms with van der Waals surface area (Å²) < 4.78 is 19.2. The van der Waals surface area contributed by atoms with Crippen LogP contribution in [-0.2, 0) is 9.53 Å². The molecule has 0 heterocycles. The summed E-state index contributed by atoms with van der Waals surface area (Å²) in [5, 5.41) is 2.81. The summed E-state index contributed by atoms with van der Waals surface area (Å²) in [7, 11) is 0. The number of benzene rings is 1. The molecule has 0 radical (unpaired) electrons. The van der Waals surface area contributed by atoms with Crippen molar-refractivity contribution in [3.05, 3.63) is 35.6 Å². The molecule has 1 saturated carbocycles. The summed E-state index contributed by atoms with van der Waals surface area (Å²) in [5.41, 5.74) is 0.758. The maximum Gasteiger partial charge on any atom is 0.233 e. The van der Waals surface area contributed by atoms with Crippen LogP contribution >= 0.6 is 15.9 Å². The van der Waals surface area contributed by atoms with Gasteiger partial charge in [-0.15, -0.1) is 0 Å². The van der Waals surface area contributed by atoms with Crippen molar-refractivity contribution in [3.63, 3.8) is 0 Å². The zero-order chi connectivity index (χ0) is 14.5. The average Bonchev–Trinajstić information content (AvgIpc) is 3.22. The minimum absolute atomic E-state index is 0.0959. The van der Waals surface area contributed by atoms with Crippen LogP contribution in [0, 0.1) is 11.7 Å². The first kappa shape index (κ1) is 15.4. The summed E-state index contributed by atoms with van der Waals surface area (Å²) in [6.45, 7) is 2.78. The molecule has 1 aliphatic rings. The Hall–Kier alpha value is -0.940. The van der Waals surface area contributed by atoms with Gasteiger partial charge in [-0.3, -0.25) is 4.79 Å². The molecule has 5 heteroatoms. The number of nitrogens with one attached hydrogen (secondary N) is 1. The molecule has 1 amide bonds. The first-order valence-corrected chi connectivity index (χ1v) is 7.76. The Morgan fingerprint density at radius 3 is 2.90 bits per heavy atom. The topological polar surface area (TPSA) is 38.3 Å². The Kier molecular flexibility index (Phi) is 5.54. The van der Waals surface area contributed by atoms with Gasteiger partial charge in [0.25, 0.3) is 0 Å². The van der Waals surface area contributed by atoms with Crippen molar-refractivity contribution >= 4 is 21.8 Å². The van der Waals surface area contributed by atoms with Crippen LogP contribution in [0.25, 0.3) is 0 Å². The molecule has 1 aliphatic carbocycles. The van der Waals surface area contributed by atoms with Gasteiger partial charge >= 0.3 is 0 Å². The number of amides is 1. The second kappa shape index (κ2) is 7.18. The summed E-state index contributed by atoms with van der Waals surface area (Å²) in [6, 6.07) is 6.35. The van der Waals surface area contributed by atoms with Gasteiger partial charge in [-0.2, -0.15) is 0 Å². The number of rotatable bonds is 7. The van der Waals surface area contributed by atoms with Crippen LogP contribution in [-0.4, -0.2) is 23.9 Å². The highest BCUT2D eigenvalue weighted by atomic mass is 79.9. The average molecular weight is 344 g/mol. The molecule has 20 heavy (non-hydrogen) atoms. The van der Waals surface area contributed by atoms with Gasteiger partial charge in [-0.25, -0.2) is 4.39 Å². The standard InChI is InChI=1S/C15H19BrFNO2/c1-10(16)15(19)18-8-14(20-9-11-5-6-11)12-3-2-4-13(17)7-12/h2-4,7,10-11,14H,5-6,8-9H2,1H3,(H,18,19)/t10-,14-/m1/s1. The number of alkyl halides is 1. The summed E-state index contributed by atoms with van der Waals surface area (Å²) in [4.78, 5) is 11.4. The summed E-state index contributed by atoms with van der Waals surface area (Å²) in [5.74, 6) is 0.237. The molecule has 110 valence electrons. The van der Waals surface area contributed by atoms with Crippen molar-refractivity contribution in [2.24, 2.45) is 5.92 Å². The number of hydrogen-bond acceptors (Lipinski definition) is 2. The van der Waals surface area contributed by atoms with E-state index in [-0.39, 0.29) is 22.7 Å². The van der Waals surface area contributed by atoms with Crippen LogP contribution < -0.4 is 5.32 Å². The predicted octanol–water partition coefficient (Wildman–Crippen LogP) is 3.19. The van der Waals surface area contributed by atoms with Gasteiger partial charge in [-0.1, -0.05) is 28.1 Å². The number of carbonyl (C=O) groups excluding carboxylic acids is 1. The van der Waals surface area contributed by atoms with E-state index in [1.165, 1.54) is 25.0 Å². The van der Waals surface area contributed by atoms with Gasteiger partial charge in [0.2, 0.25) is 5.91 Å². The third-order valence-corrected chi connectivity index (χ3v) is 3.69. The third-order valence-electron chi connectivity index (χ3n) is 3.27. The van der Waals surface area contributed by atoms with E-state index >= 15 is 0 Å². The van der Waals surface area contributed by atoms with E-state index < -0.39 is 0 Å². The molecule has 0 saturated heterocycles. The smallest absolute Gasteiger partial charge is 0.233 e. The fraction of sp³-hybridized carbons (Fsp3) is 0.533. The molecule has 1 fully saturated rings. The van der Waals surface area contributed by atoms with Gasteiger partial charge in [0.1, 0.15) is 5.82 Å². The van der Waals surface area contributed by atoms with E-state index in [1.54, 1.807) is 13.0 Å². The number of carbonyl (C=O) groups is 1. The quantitative estimate of drug-likeness (QED) is 0.772. The lowest BCUT2D eigenvalue weighted by atomic mass is 10.1. The van der Waals surface area contributed by atoms with Crippen molar-refractivity contribution in [1.29, 1.82) is 0 Å². The van der Waals surface area contributed by atoms with Gasteiger partial charge in [-0.05, 0) is 43.4 Å². The molecule has 3 nitrogen and oxygen atoms in total. The van der Waals surface area contributed by atoms with Crippen molar-refractivity contribution in [2.45, 2.75) is 30.7 Å². The molecule has 0 aromatic heterocycles. The highest BCUT2D eigenvalue weighted by Crippen LogP contribution is 2.31. The maximum atomic E-state index is 13.3. The van der Waals surface area contributed by atoms with E-state index in [4.69, 9.17) is 4.74 Å². The Balaban J connectivity index is 1.97. The molecule has 0 aliphatic heterocycles.